The molecule has 9 nitrogen and oxygen atoms in total. The van der Waals surface area contributed by atoms with Gasteiger partial charge in [-0.1, -0.05) is 42.5 Å². The van der Waals surface area contributed by atoms with E-state index in [9.17, 15) is 14.4 Å². The lowest BCUT2D eigenvalue weighted by atomic mass is 9.96. The molecule has 3 aromatic rings. The summed E-state index contributed by atoms with van der Waals surface area (Å²) in [7, 11) is 6.01. The summed E-state index contributed by atoms with van der Waals surface area (Å²) in [5, 5.41) is 5.89. The minimum Gasteiger partial charge on any atom is -0.495 e. The van der Waals surface area contributed by atoms with Crippen molar-refractivity contribution in [3.63, 3.8) is 0 Å². The van der Waals surface area contributed by atoms with Crippen LogP contribution in [0.2, 0.25) is 0 Å². The van der Waals surface area contributed by atoms with Gasteiger partial charge >= 0.3 is 6.09 Å². The molecule has 3 aliphatic rings. The predicted molar refractivity (Wildman–Crippen MR) is 163 cm³/mol. The SMILES string of the molecule is COc1cc(C=O)ccc1NC(=O)CCCc1ccc(-c2ccccc2)c(NC(=O)O[C@@H]2C[C@@H]3[C@H]4O[C@H]4[C@H](C2)[N+]3(C)C)c1. The summed E-state index contributed by atoms with van der Waals surface area (Å²) in [6.07, 6.45) is 3.91. The van der Waals surface area contributed by atoms with Crippen LogP contribution in [0.3, 0.4) is 0 Å². The summed E-state index contributed by atoms with van der Waals surface area (Å²) in [6, 6.07) is 21.5. The van der Waals surface area contributed by atoms with E-state index in [1.54, 1.807) is 18.2 Å². The summed E-state index contributed by atoms with van der Waals surface area (Å²) in [5.41, 5.74) is 4.57. The van der Waals surface area contributed by atoms with Crippen LogP contribution in [0.25, 0.3) is 11.1 Å². The number of likely N-dealkylation sites (N-methyl/N-ethyl adjacent to an activating group) is 1. The lowest BCUT2D eigenvalue weighted by molar-refractivity contribution is -0.938. The van der Waals surface area contributed by atoms with E-state index in [2.05, 4.69) is 24.7 Å². The number of hydrogen-bond donors (Lipinski definition) is 2. The quantitative estimate of drug-likeness (QED) is 0.187. The Kier molecular flexibility index (Phi) is 7.94. The second kappa shape index (κ2) is 11.8. The minimum absolute atomic E-state index is 0.132. The van der Waals surface area contributed by atoms with Gasteiger partial charge in [0.1, 0.15) is 42.4 Å². The van der Waals surface area contributed by atoms with Crippen molar-refractivity contribution in [1.29, 1.82) is 0 Å². The van der Waals surface area contributed by atoms with Gasteiger partial charge in [-0.3, -0.25) is 14.9 Å². The highest BCUT2D eigenvalue weighted by molar-refractivity contribution is 5.93. The molecule has 3 saturated heterocycles. The smallest absolute Gasteiger partial charge is 0.411 e. The summed E-state index contributed by atoms with van der Waals surface area (Å²) >= 11 is 0. The third-order valence-corrected chi connectivity index (χ3v) is 9.22. The number of morpholine rings is 1. The van der Waals surface area contributed by atoms with Crippen LogP contribution < -0.4 is 15.4 Å². The first-order valence-electron chi connectivity index (χ1n) is 14.8. The van der Waals surface area contributed by atoms with Crippen molar-refractivity contribution in [3.8, 4) is 16.9 Å². The standard InChI is InChI=1S/C34H37N3O6/c1-37(2)28-18-24(19-29(37)33-32(28)43-33)42-34(40)36-27-16-21(12-14-25(27)23-9-5-4-6-10-23)8-7-11-31(39)35-26-15-13-22(20-38)17-30(26)41-3/h4-6,9-10,12-17,20,24,28-29,32-33H,7-8,11,18-19H2,1-3H3,(H-,35,36,38,39,40)/p+1/t24-,28-,29+,32-,33+. The number of amides is 2. The van der Waals surface area contributed by atoms with Crippen LogP contribution in [0.1, 0.15) is 41.6 Å². The maximum absolute atomic E-state index is 13.2. The topological polar surface area (TPSA) is 106 Å². The number of hydrogen-bond acceptors (Lipinski definition) is 6. The van der Waals surface area contributed by atoms with Crippen LogP contribution in [0.15, 0.2) is 66.7 Å². The van der Waals surface area contributed by atoms with E-state index in [0.29, 0.717) is 66.2 Å². The first kappa shape index (κ1) is 28.9. The Morgan fingerprint density at radius 1 is 0.953 bits per heavy atom. The number of anilines is 2. The molecular formula is C34H38N3O6+. The molecule has 3 heterocycles. The number of nitrogens with zero attached hydrogens (tertiary/aromatic N) is 1. The van der Waals surface area contributed by atoms with Crippen molar-refractivity contribution in [2.24, 2.45) is 0 Å². The Bertz CT molecular complexity index is 1500. The van der Waals surface area contributed by atoms with Crippen molar-refractivity contribution < 1.29 is 33.1 Å². The van der Waals surface area contributed by atoms with Gasteiger partial charge in [0.25, 0.3) is 0 Å². The Morgan fingerprint density at radius 2 is 1.70 bits per heavy atom. The van der Waals surface area contributed by atoms with E-state index in [1.807, 2.05) is 48.5 Å². The monoisotopic (exact) mass is 584 g/mol. The Hall–Kier alpha value is -4.21. The van der Waals surface area contributed by atoms with E-state index >= 15 is 0 Å². The second-order valence-corrected chi connectivity index (χ2v) is 12.2. The molecule has 2 bridgehead atoms. The van der Waals surface area contributed by atoms with Gasteiger partial charge in [0, 0.05) is 30.4 Å². The number of ether oxygens (including phenoxy) is 3. The zero-order valence-corrected chi connectivity index (χ0v) is 24.7. The van der Waals surface area contributed by atoms with E-state index < -0.39 is 6.09 Å². The van der Waals surface area contributed by atoms with E-state index in [-0.39, 0.29) is 12.0 Å². The largest absolute Gasteiger partial charge is 0.495 e. The van der Waals surface area contributed by atoms with Crippen molar-refractivity contribution in [2.45, 2.75) is 62.5 Å². The third-order valence-electron chi connectivity index (χ3n) is 9.22. The maximum Gasteiger partial charge on any atom is 0.411 e. The molecule has 0 saturated carbocycles. The fourth-order valence-electron chi connectivity index (χ4n) is 6.86. The summed E-state index contributed by atoms with van der Waals surface area (Å²) in [4.78, 5) is 36.9. The Morgan fingerprint density at radius 3 is 2.40 bits per heavy atom. The third kappa shape index (κ3) is 6.00. The van der Waals surface area contributed by atoms with Gasteiger partial charge < -0.3 is 24.0 Å². The van der Waals surface area contributed by atoms with Crippen LogP contribution in [-0.2, 0) is 20.7 Å². The molecule has 2 N–H and O–H groups in total. The summed E-state index contributed by atoms with van der Waals surface area (Å²) in [6.45, 7) is 0. The van der Waals surface area contributed by atoms with Crippen LogP contribution >= 0.6 is 0 Å². The van der Waals surface area contributed by atoms with Crippen molar-refractivity contribution >= 4 is 29.7 Å². The fourth-order valence-corrected chi connectivity index (χ4v) is 6.86. The molecule has 3 aromatic carbocycles. The Balaban J connectivity index is 1.09. The van der Waals surface area contributed by atoms with Gasteiger partial charge in [0.05, 0.1) is 32.6 Å². The summed E-state index contributed by atoms with van der Waals surface area (Å²) in [5.74, 6) is 0.289. The minimum atomic E-state index is -0.450. The number of rotatable bonds is 10. The number of carbonyl (C=O) groups excluding carboxylic acids is 3. The molecule has 0 aromatic heterocycles. The molecule has 2 amide bonds. The predicted octanol–water partition coefficient (Wildman–Crippen LogP) is 5.44. The van der Waals surface area contributed by atoms with Gasteiger partial charge in [-0.25, -0.2) is 4.79 Å². The highest BCUT2D eigenvalue weighted by atomic mass is 16.6. The molecule has 0 spiro atoms. The number of benzene rings is 3. The van der Waals surface area contributed by atoms with Gasteiger partial charge in [0.15, 0.2) is 0 Å². The van der Waals surface area contributed by atoms with Crippen molar-refractivity contribution in [2.75, 3.05) is 31.8 Å². The van der Waals surface area contributed by atoms with E-state index in [0.717, 1.165) is 40.3 Å². The number of aryl methyl sites for hydroxylation is 1. The molecule has 3 aliphatic heterocycles. The summed E-state index contributed by atoms with van der Waals surface area (Å²) < 4.78 is 18.1. The number of methoxy groups -OCH3 is 1. The van der Waals surface area contributed by atoms with Crippen LogP contribution in [0.4, 0.5) is 16.2 Å². The molecule has 0 aliphatic carbocycles. The number of fused-ring (bicyclic) bond motifs is 5. The zero-order valence-electron chi connectivity index (χ0n) is 24.7. The molecule has 5 atom stereocenters. The number of aldehydes is 1. The number of nitrogens with one attached hydrogen (secondary N) is 2. The fraction of sp³-hybridized carbons (Fsp3) is 0.382. The highest BCUT2D eigenvalue weighted by Gasteiger charge is 2.70. The average Bonchev–Trinajstić information content (AvgIpc) is 3.77. The first-order valence-corrected chi connectivity index (χ1v) is 14.8. The van der Waals surface area contributed by atoms with Gasteiger partial charge in [0.2, 0.25) is 5.91 Å². The molecule has 43 heavy (non-hydrogen) atoms. The lowest BCUT2D eigenvalue weighted by Gasteiger charge is -2.45. The second-order valence-electron chi connectivity index (χ2n) is 12.2. The lowest BCUT2D eigenvalue weighted by Crippen LogP contribution is -2.60. The van der Waals surface area contributed by atoms with Crippen molar-refractivity contribution in [3.05, 3.63) is 77.9 Å². The van der Waals surface area contributed by atoms with Gasteiger partial charge in [-0.15, -0.1) is 0 Å². The highest BCUT2D eigenvalue weighted by Crippen LogP contribution is 2.51. The van der Waals surface area contributed by atoms with Crippen LogP contribution in [0.5, 0.6) is 5.75 Å². The van der Waals surface area contributed by atoms with E-state index in [4.69, 9.17) is 14.2 Å². The van der Waals surface area contributed by atoms with Crippen LogP contribution in [0, 0.1) is 0 Å². The number of quaternary nitrogens is 1. The maximum atomic E-state index is 13.2. The van der Waals surface area contributed by atoms with E-state index in [1.165, 1.54) is 7.11 Å². The molecule has 0 unspecified atom stereocenters. The molecule has 9 heteroatoms. The molecule has 224 valence electrons. The molecule has 0 radical (unpaired) electrons. The number of epoxide rings is 1. The zero-order chi connectivity index (χ0) is 30.1. The number of piperidine rings is 1. The molecule has 3 fully saturated rings. The Labute approximate surface area is 251 Å². The average molecular weight is 585 g/mol. The van der Waals surface area contributed by atoms with Gasteiger partial charge in [-0.2, -0.15) is 0 Å². The first-order chi connectivity index (χ1) is 20.8. The van der Waals surface area contributed by atoms with Crippen molar-refractivity contribution in [1.82, 2.24) is 0 Å². The molecule has 6 rings (SSSR count). The van der Waals surface area contributed by atoms with Gasteiger partial charge in [-0.05, 0) is 48.2 Å². The number of carbonyl (C=O) groups is 3. The van der Waals surface area contributed by atoms with Crippen LogP contribution in [-0.4, -0.2) is 74.4 Å². The normalized spacial score (nSPS) is 24.4. The molecular weight excluding hydrogens is 546 g/mol.